The minimum atomic E-state index is -4.67. The van der Waals surface area contributed by atoms with Crippen LogP contribution in [0.2, 0.25) is 0 Å². The molecule has 7 nitrogen and oxygen atoms in total. The highest BCUT2D eigenvalue weighted by atomic mass is 19.4. The molecule has 46 heavy (non-hydrogen) atoms. The molecule has 0 saturated carbocycles. The molecule has 1 N–H and O–H groups in total. The minimum Gasteiger partial charge on any atom is -0.490 e. The predicted molar refractivity (Wildman–Crippen MR) is 172 cm³/mol. The maximum absolute atomic E-state index is 13.3. The Hall–Kier alpha value is -3.95. The fourth-order valence-corrected chi connectivity index (χ4v) is 5.09. The monoisotopic (exact) mass is 642 g/mol. The number of carbonyl (C=O) groups excluding carboxylic acids is 1. The molecule has 3 rings (SSSR count). The molecular formula is C36H45F3N2O5. The Morgan fingerprint density at radius 3 is 1.91 bits per heavy atom. The second kappa shape index (κ2) is 18.9. The molecule has 0 bridgehead atoms. The van der Waals surface area contributed by atoms with Gasteiger partial charge in [-0.1, -0.05) is 96.3 Å². The van der Waals surface area contributed by atoms with Gasteiger partial charge in [-0.2, -0.15) is 13.2 Å². The van der Waals surface area contributed by atoms with Crippen molar-refractivity contribution in [2.45, 2.75) is 110 Å². The molecule has 0 saturated heterocycles. The summed E-state index contributed by atoms with van der Waals surface area (Å²) in [5.41, 5.74) is 1.29. The number of benzene rings is 2. The maximum Gasteiger partial charge on any atom is 0.425 e. The molecule has 1 aromatic heterocycles. The summed E-state index contributed by atoms with van der Waals surface area (Å²) in [4.78, 5) is 33.3. The zero-order valence-electron chi connectivity index (χ0n) is 26.8. The second-order valence-electron chi connectivity index (χ2n) is 11.5. The Labute approximate surface area is 269 Å². The van der Waals surface area contributed by atoms with E-state index in [-0.39, 0.29) is 24.0 Å². The van der Waals surface area contributed by atoms with Crippen LogP contribution in [-0.2, 0) is 4.74 Å². The van der Waals surface area contributed by atoms with Crippen molar-refractivity contribution in [2.75, 3.05) is 6.61 Å². The van der Waals surface area contributed by atoms with Gasteiger partial charge in [0.2, 0.25) is 0 Å². The van der Waals surface area contributed by atoms with E-state index in [1.807, 2.05) is 0 Å². The number of alkyl halides is 3. The van der Waals surface area contributed by atoms with E-state index in [0.29, 0.717) is 41.3 Å². The van der Waals surface area contributed by atoms with E-state index in [0.717, 1.165) is 12.8 Å². The topological polar surface area (TPSA) is 98.6 Å². The zero-order valence-corrected chi connectivity index (χ0v) is 26.8. The molecule has 3 aromatic rings. The van der Waals surface area contributed by atoms with Crippen LogP contribution in [0.15, 0.2) is 54.9 Å². The highest BCUT2D eigenvalue weighted by Crippen LogP contribution is 2.31. The first-order valence-corrected chi connectivity index (χ1v) is 16.3. The number of rotatable bonds is 20. The third-order valence-electron chi connectivity index (χ3n) is 7.77. The van der Waals surface area contributed by atoms with Crippen LogP contribution in [0, 0.1) is 0 Å². The van der Waals surface area contributed by atoms with Crippen molar-refractivity contribution in [3.05, 3.63) is 66.0 Å². The highest BCUT2D eigenvalue weighted by Gasteiger charge is 2.42. The molecule has 0 aliphatic carbocycles. The summed E-state index contributed by atoms with van der Waals surface area (Å²) in [6.07, 6.45) is 9.20. The van der Waals surface area contributed by atoms with Crippen LogP contribution in [0.5, 0.6) is 5.75 Å². The summed E-state index contributed by atoms with van der Waals surface area (Å²) in [5, 5.41) is 9.79. The molecule has 0 radical (unpaired) electrons. The van der Waals surface area contributed by atoms with Crippen LogP contribution in [0.4, 0.5) is 13.2 Å². The number of carbonyl (C=O) groups is 2. The largest absolute Gasteiger partial charge is 0.490 e. The Balaban J connectivity index is 1.60. The van der Waals surface area contributed by atoms with Gasteiger partial charge in [0, 0.05) is 5.56 Å². The lowest BCUT2D eigenvalue weighted by molar-refractivity contribution is -0.206. The molecule has 1 atom stereocenters. The number of hydrogen-bond acceptors (Lipinski definition) is 6. The van der Waals surface area contributed by atoms with Crippen molar-refractivity contribution in [3.63, 3.8) is 0 Å². The summed E-state index contributed by atoms with van der Waals surface area (Å²) in [6.45, 7) is 4.56. The third-order valence-corrected chi connectivity index (χ3v) is 7.77. The van der Waals surface area contributed by atoms with Gasteiger partial charge in [0.25, 0.3) is 0 Å². The predicted octanol–water partition coefficient (Wildman–Crippen LogP) is 10.1. The molecule has 0 unspecified atom stereocenters. The van der Waals surface area contributed by atoms with Gasteiger partial charge in [0.05, 0.1) is 30.1 Å². The van der Waals surface area contributed by atoms with Gasteiger partial charge < -0.3 is 14.6 Å². The van der Waals surface area contributed by atoms with Crippen LogP contribution < -0.4 is 4.74 Å². The molecule has 0 aliphatic rings. The quantitative estimate of drug-likeness (QED) is 0.0967. The average Bonchev–Trinajstić information content (AvgIpc) is 3.05. The Morgan fingerprint density at radius 1 is 0.783 bits per heavy atom. The first-order chi connectivity index (χ1) is 22.1. The number of aromatic nitrogens is 2. The van der Waals surface area contributed by atoms with E-state index < -0.39 is 24.2 Å². The van der Waals surface area contributed by atoms with Crippen molar-refractivity contribution < 1.29 is 37.3 Å². The van der Waals surface area contributed by atoms with Gasteiger partial charge >= 0.3 is 18.1 Å². The van der Waals surface area contributed by atoms with E-state index in [2.05, 4.69) is 16.9 Å². The smallest absolute Gasteiger partial charge is 0.425 e. The third kappa shape index (κ3) is 11.8. The molecule has 0 fully saturated rings. The molecule has 0 spiro atoms. The molecule has 2 aromatic carbocycles. The van der Waals surface area contributed by atoms with Crippen LogP contribution in [0.1, 0.15) is 118 Å². The van der Waals surface area contributed by atoms with Crippen LogP contribution >= 0.6 is 0 Å². The van der Waals surface area contributed by atoms with Crippen molar-refractivity contribution in [2.24, 2.45) is 0 Å². The van der Waals surface area contributed by atoms with Crippen LogP contribution in [0.3, 0.4) is 0 Å². The SMILES string of the molecule is CCCCCCCCCCCCOc1cnc(-c2ccc(C(=O)O)c(-c3ccc(C(=O)O[C@@H](CCCC)C(F)(F)F)cc3)c2)nc1. The van der Waals surface area contributed by atoms with Gasteiger partial charge in [-0.15, -0.1) is 0 Å². The normalized spacial score (nSPS) is 12.1. The molecular weight excluding hydrogens is 597 g/mol. The lowest BCUT2D eigenvalue weighted by Crippen LogP contribution is -2.33. The van der Waals surface area contributed by atoms with Crippen LogP contribution in [-0.4, -0.2) is 45.9 Å². The number of unbranched alkanes of at least 4 members (excludes halogenated alkanes) is 10. The number of hydrogen-bond donors (Lipinski definition) is 1. The molecule has 0 aliphatic heterocycles. The summed E-state index contributed by atoms with van der Waals surface area (Å²) in [5.74, 6) is -1.34. The summed E-state index contributed by atoms with van der Waals surface area (Å²) in [7, 11) is 0. The molecule has 250 valence electrons. The highest BCUT2D eigenvalue weighted by molar-refractivity contribution is 5.97. The second-order valence-corrected chi connectivity index (χ2v) is 11.5. The van der Waals surface area contributed by atoms with Gasteiger partial charge in [0.15, 0.2) is 17.7 Å². The van der Waals surface area contributed by atoms with Crippen molar-refractivity contribution in [1.82, 2.24) is 9.97 Å². The number of ether oxygens (including phenoxy) is 2. The van der Waals surface area contributed by atoms with E-state index in [1.54, 1.807) is 31.5 Å². The van der Waals surface area contributed by atoms with Gasteiger partial charge in [0.1, 0.15) is 0 Å². The standard InChI is InChI=1S/C36H45F3N2O5/c1-3-5-7-8-9-10-11-12-13-14-22-45-29-24-40-33(41-25-29)28-20-21-30(34(42)43)31(23-28)26-16-18-27(19-17-26)35(44)46-32(15-6-4-2)36(37,38)39/h16-21,23-25,32H,3-15,22H2,1-2H3,(H,42,43)/t32-/m0/s1. The number of esters is 1. The van der Waals surface area contributed by atoms with Gasteiger partial charge in [-0.3, -0.25) is 0 Å². The van der Waals surface area contributed by atoms with E-state index >= 15 is 0 Å². The van der Waals surface area contributed by atoms with Crippen molar-refractivity contribution in [1.29, 1.82) is 0 Å². The van der Waals surface area contributed by atoms with Crippen molar-refractivity contribution >= 4 is 11.9 Å². The molecule has 0 amide bonds. The van der Waals surface area contributed by atoms with E-state index in [1.165, 1.54) is 81.7 Å². The fraction of sp³-hybridized carbons (Fsp3) is 0.500. The number of halogens is 3. The number of carboxylic acids is 1. The first kappa shape index (κ1) is 36.5. The zero-order chi connectivity index (χ0) is 33.4. The van der Waals surface area contributed by atoms with E-state index in [4.69, 9.17) is 9.47 Å². The van der Waals surface area contributed by atoms with Gasteiger partial charge in [-0.05, 0) is 54.7 Å². The van der Waals surface area contributed by atoms with Gasteiger partial charge in [-0.25, -0.2) is 19.6 Å². The Bertz CT molecular complexity index is 1360. The maximum atomic E-state index is 13.3. The van der Waals surface area contributed by atoms with Crippen molar-refractivity contribution in [3.8, 4) is 28.3 Å². The summed E-state index contributed by atoms with van der Waals surface area (Å²) >= 11 is 0. The lowest BCUT2D eigenvalue weighted by Gasteiger charge is -2.20. The number of nitrogens with zero attached hydrogens (tertiary/aromatic N) is 2. The number of carboxylic acid groups (broad SMARTS) is 1. The minimum absolute atomic E-state index is 0.00669. The Kier molecular flexibility index (Phi) is 15.0. The fourth-order valence-electron chi connectivity index (χ4n) is 5.09. The van der Waals surface area contributed by atoms with Crippen LogP contribution in [0.25, 0.3) is 22.5 Å². The molecule has 1 heterocycles. The first-order valence-electron chi connectivity index (χ1n) is 16.3. The average molecular weight is 643 g/mol. The van der Waals surface area contributed by atoms with E-state index in [9.17, 15) is 27.9 Å². The molecule has 10 heteroatoms. The summed E-state index contributed by atoms with van der Waals surface area (Å²) < 4.78 is 50.6. The summed E-state index contributed by atoms with van der Waals surface area (Å²) in [6, 6.07) is 10.3. The Morgan fingerprint density at radius 2 is 1.35 bits per heavy atom. The number of aromatic carboxylic acids is 1. The lowest BCUT2D eigenvalue weighted by atomic mass is 9.96.